The SMILES string of the molecule is CCn1cc(C(=O)NC[C@@H]2CCN(c3ccccc3OC)C2)cn1. The van der Waals surface area contributed by atoms with Gasteiger partial charge in [-0.1, -0.05) is 12.1 Å². The number of anilines is 1. The van der Waals surface area contributed by atoms with E-state index in [-0.39, 0.29) is 5.91 Å². The number of ether oxygens (including phenoxy) is 1. The van der Waals surface area contributed by atoms with Gasteiger partial charge in [-0.2, -0.15) is 5.10 Å². The summed E-state index contributed by atoms with van der Waals surface area (Å²) < 4.78 is 7.20. The number of methoxy groups -OCH3 is 1. The van der Waals surface area contributed by atoms with Crippen LogP contribution in [0, 0.1) is 5.92 Å². The molecule has 2 aromatic rings. The first-order valence-electron chi connectivity index (χ1n) is 8.40. The van der Waals surface area contributed by atoms with E-state index in [2.05, 4.69) is 21.4 Å². The second-order valence-electron chi connectivity index (χ2n) is 6.07. The Morgan fingerprint density at radius 1 is 1.42 bits per heavy atom. The van der Waals surface area contributed by atoms with Gasteiger partial charge in [0.2, 0.25) is 0 Å². The monoisotopic (exact) mass is 328 g/mol. The highest BCUT2D eigenvalue weighted by molar-refractivity contribution is 5.93. The van der Waals surface area contributed by atoms with Gasteiger partial charge in [0.1, 0.15) is 5.75 Å². The Morgan fingerprint density at radius 2 is 2.25 bits per heavy atom. The van der Waals surface area contributed by atoms with Crippen LogP contribution in [0.2, 0.25) is 0 Å². The molecule has 2 heterocycles. The van der Waals surface area contributed by atoms with Crippen molar-refractivity contribution in [1.29, 1.82) is 0 Å². The Labute approximate surface area is 142 Å². The van der Waals surface area contributed by atoms with Crippen molar-refractivity contribution >= 4 is 11.6 Å². The molecule has 128 valence electrons. The third-order valence-corrected chi connectivity index (χ3v) is 4.48. The summed E-state index contributed by atoms with van der Waals surface area (Å²) in [7, 11) is 1.70. The van der Waals surface area contributed by atoms with Gasteiger partial charge >= 0.3 is 0 Å². The number of amides is 1. The number of hydrogen-bond acceptors (Lipinski definition) is 4. The topological polar surface area (TPSA) is 59.4 Å². The molecule has 1 atom stereocenters. The summed E-state index contributed by atoms with van der Waals surface area (Å²) in [6.07, 6.45) is 4.46. The minimum Gasteiger partial charge on any atom is -0.495 e. The molecule has 1 saturated heterocycles. The molecule has 6 heteroatoms. The molecule has 0 bridgehead atoms. The molecule has 6 nitrogen and oxygen atoms in total. The van der Waals surface area contributed by atoms with Crippen LogP contribution in [0.25, 0.3) is 0 Å². The minimum absolute atomic E-state index is 0.0505. The summed E-state index contributed by atoms with van der Waals surface area (Å²) in [5.41, 5.74) is 1.74. The zero-order valence-corrected chi connectivity index (χ0v) is 14.2. The molecule has 0 aliphatic carbocycles. The quantitative estimate of drug-likeness (QED) is 0.883. The first kappa shape index (κ1) is 16.4. The van der Waals surface area contributed by atoms with E-state index >= 15 is 0 Å². The fourth-order valence-electron chi connectivity index (χ4n) is 3.10. The van der Waals surface area contributed by atoms with Crippen molar-refractivity contribution in [2.45, 2.75) is 19.9 Å². The van der Waals surface area contributed by atoms with Gasteiger partial charge in [-0.05, 0) is 31.4 Å². The molecule has 24 heavy (non-hydrogen) atoms. The zero-order chi connectivity index (χ0) is 16.9. The number of aromatic nitrogens is 2. The van der Waals surface area contributed by atoms with E-state index in [1.165, 1.54) is 0 Å². The van der Waals surface area contributed by atoms with Gasteiger partial charge < -0.3 is 15.0 Å². The van der Waals surface area contributed by atoms with Gasteiger partial charge in [-0.25, -0.2) is 0 Å². The predicted octanol–water partition coefficient (Wildman–Crippen LogP) is 2.17. The van der Waals surface area contributed by atoms with Gasteiger partial charge in [0.15, 0.2) is 0 Å². The molecule has 0 unspecified atom stereocenters. The average molecular weight is 328 g/mol. The molecule has 3 rings (SSSR count). The van der Waals surface area contributed by atoms with Crippen LogP contribution in [0.5, 0.6) is 5.75 Å². The van der Waals surface area contributed by atoms with Crippen molar-refractivity contribution in [2.75, 3.05) is 31.6 Å². The number of benzene rings is 1. The Balaban J connectivity index is 1.54. The lowest BCUT2D eigenvalue weighted by Crippen LogP contribution is -2.30. The van der Waals surface area contributed by atoms with Crippen molar-refractivity contribution in [2.24, 2.45) is 5.92 Å². The molecule has 0 spiro atoms. The Kier molecular flexibility index (Phi) is 5.03. The highest BCUT2D eigenvalue weighted by atomic mass is 16.5. The molecule has 1 fully saturated rings. The second-order valence-corrected chi connectivity index (χ2v) is 6.07. The van der Waals surface area contributed by atoms with E-state index in [1.54, 1.807) is 24.2 Å². The maximum atomic E-state index is 12.2. The molecule has 1 aromatic heterocycles. The average Bonchev–Trinajstić information content (AvgIpc) is 3.29. The molecule has 1 amide bonds. The normalized spacial score (nSPS) is 17.1. The highest BCUT2D eigenvalue weighted by Crippen LogP contribution is 2.31. The largest absolute Gasteiger partial charge is 0.495 e. The van der Waals surface area contributed by atoms with Gasteiger partial charge in [0.25, 0.3) is 5.91 Å². The number of aryl methyl sites for hydroxylation is 1. The lowest BCUT2D eigenvalue weighted by Gasteiger charge is -2.21. The molecule has 0 radical (unpaired) electrons. The maximum Gasteiger partial charge on any atom is 0.254 e. The fourth-order valence-corrected chi connectivity index (χ4v) is 3.10. The van der Waals surface area contributed by atoms with E-state index < -0.39 is 0 Å². The molecule has 1 aromatic carbocycles. The van der Waals surface area contributed by atoms with Crippen molar-refractivity contribution in [3.63, 3.8) is 0 Å². The number of hydrogen-bond donors (Lipinski definition) is 1. The lowest BCUT2D eigenvalue weighted by molar-refractivity contribution is 0.0948. The zero-order valence-electron chi connectivity index (χ0n) is 14.2. The van der Waals surface area contributed by atoms with Crippen molar-refractivity contribution in [3.05, 3.63) is 42.2 Å². The molecule has 1 aliphatic rings. The Morgan fingerprint density at radius 3 is 3.00 bits per heavy atom. The van der Waals surface area contributed by atoms with E-state index in [0.717, 1.165) is 37.5 Å². The molecule has 0 saturated carbocycles. The number of rotatable bonds is 6. The van der Waals surface area contributed by atoms with Crippen LogP contribution in [0.3, 0.4) is 0 Å². The van der Waals surface area contributed by atoms with E-state index in [4.69, 9.17) is 4.74 Å². The second kappa shape index (κ2) is 7.38. The van der Waals surface area contributed by atoms with Crippen LogP contribution in [0.4, 0.5) is 5.69 Å². The summed E-state index contributed by atoms with van der Waals surface area (Å²) in [5, 5.41) is 7.17. The van der Waals surface area contributed by atoms with Crippen LogP contribution in [-0.4, -0.2) is 42.4 Å². The number of carbonyl (C=O) groups excluding carboxylic acids is 1. The van der Waals surface area contributed by atoms with E-state index in [0.29, 0.717) is 18.0 Å². The number of para-hydroxylation sites is 2. The van der Waals surface area contributed by atoms with Crippen molar-refractivity contribution in [3.8, 4) is 5.75 Å². The first-order chi connectivity index (χ1) is 11.7. The fraction of sp³-hybridized carbons (Fsp3) is 0.444. The summed E-state index contributed by atoms with van der Waals surface area (Å²) in [6.45, 7) is 5.36. The van der Waals surface area contributed by atoms with Crippen LogP contribution >= 0.6 is 0 Å². The van der Waals surface area contributed by atoms with Crippen LogP contribution in [-0.2, 0) is 6.54 Å². The Hall–Kier alpha value is -2.50. The molecular formula is C18H24N4O2. The summed E-state index contributed by atoms with van der Waals surface area (Å²) in [6, 6.07) is 8.07. The summed E-state index contributed by atoms with van der Waals surface area (Å²) in [5.74, 6) is 1.29. The Bertz CT molecular complexity index is 698. The van der Waals surface area contributed by atoms with Crippen LogP contribution in [0.15, 0.2) is 36.7 Å². The third-order valence-electron chi connectivity index (χ3n) is 4.48. The smallest absolute Gasteiger partial charge is 0.254 e. The third kappa shape index (κ3) is 3.53. The highest BCUT2D eigenvalue weighted by Gasteiger charge is 2.25. The summed E-state index contributed by atoms with van der Waals surface area (Å²) in [4.78, 5) is 14.5. The van der Waals surface area contributed by atoms with Gasteiger partial charge in [-0.15, -0.1) is 0 Å². The van der Waals surface area contributed by atoms with Crippen LogP contribution < -0.4 is 15.0 Å². The van der Waals surface area contributed by atoms with Gasteiger partial charge in [0.05, 0.1) is 24.6 Å². The number of carbonyl (C=O) groups is 1. The first-order valence-corrected chi connectivity index (χ1v) is 8.40. The lowest BCUT2D eigenvalue weighted by atomic mass is 10.1. The van der Waals surface area contributed by atoms with Gasteiger partial charge in [-0.3, -0.25) is 9.48 Å². The molecular weight excluding hydrogens is 304 g/mol. The minimum atomic E-state index is -0.0505. The molecule has 1 aliphatic heterocycles. The van der Waals surface area contributed by atoms with E-state index in [1.807, 2.05) is 25.1 Å². The van der Waals surface area contributed by atoms with Crippen molar-refractivity contribution in [1.82, 2.24) is 15.1 Å². The number of nitrogens with zero attached hydrogens (tertiary/aromatic N) is 3. The van der Waals surface area contributed by atoms with Crippen LogP contribution in [0.1, 0.15) is 23.7 Å². The van der Waals surface area contributed by atoms with Crippen molar-refractivity contribution < 1.29 is 9.53 Å². The number of nitrogens with one attached hydrogen (secondary N) is 1. The standard InChI is InChI=1S/C18H24N4O2/c1-3-22-13-15(11-20-22)18(23)19-10-14-8-9-21(12-14)16-6-4-5-7-17(16)24-2/h4-7,11,13-14H,3,8-10,12H2,1-2H3,(H,19,23)/t14-/m0/s1. The van der Waals surface area contributed by atoms with E-state index in [9.17, 15) is 4.79 Å². The maximum absolute atomic E-state index is 12.2. The van der Waals surface area contributed by atoms with Gasteiger partial charge in [0, 0.05) is 32.4 Å². The predicted molar refractivity (Wildman–Crippen MR) is 93.5 cm³/mol. The molecule has 1 N–H and O–H groups in total. The summed E-state index contributed by atoms with van der Waals surface area (Å²) >= 11 is 0.